The quantitative estimate of drug-likeness (QED) is 0.165. The predicted octanol–water partition coefficient (Wildman–Crippen LogP) is 4.87. The molecular formula is C35H45N9O7S2. The van der Waals surface area contributed by atoms with Crippen LogP contribution in [0, 0.1) is 11.8 Å². The van der Waals surface area contributed by atoms with Crippen LogP contribution in [0.3, 0.4) is 0 Å². The lowest BCUT2D eigenvalue weighted by molar-refractivity contribution is -0.139. The topological polar surface area (TPSA) is 192 Å². The zero-order valence-electron chi connectivity index (χ0n) is 30.5. The lowest BCUT2D eigenvalue weighted by Gasteiger charge is -2.30. The summed E-state index contributed by atoms with van der Waals surface area (Å²) in [7, 11) is 2.52. The van der Waals surface area contributed by atoms with Crippen LogP contribution < -0.4 is 16.0 Å². The van der Waals surface area contributed by atoms with Gasteiger partial charge in [0, 0.05) is 24.2 Å². The number of rotatable bonds is 11. The summed E-state index contributed by atoms with van der Waals surface area (Å²) in [4.78, 5) is 83.8. The fourth-order valence-electron chi connectivity index (χ4n) is 6.80. The number of ether oxygens (including phenoxy) is 2. The molecule has 0 spiro atoms. The molecule has 0 unspecified atom stereocenters. The summed E-state index contributed by atoms with van der Waals surface area (Å²) in [6.45, 7) is 8.42. The van der Waals surface area contributed by atoms with Crippen molar-refractivity contribution in [3.8, 4) is 20.3 Å². The molecule has 16 nitrogen and oxygen atoms in total. The maximum atomic E-state index is 13.5. The zero-order chi connectivity index (χ0) is 38.0. The average Bonchev–Trinajstić information content (AvgIpc) is 3.97. The first kappa shape index (κ1) is 37.8. The molecule has 4 atom stereocenters. The third kappa shape index (κ3) is 8.02. The van der Waals surface area contributed by atoms with Crippen LogP contribution in [0.4, 0.5) is 15.4 Å². The first-order chi connectivity index (χ1) is 25.4. The molecule has 2 aliphatic heterocycles. The van der Waals surface area contributed by atoms with Gasteiger partial charge in [-0.25, -0.2) is 19.6 Å². The minimum Gasteiger partial charge on any atom is -0.453 e. The van der Waals surface area contributed by atoms with E-state index in [0.717, 1.165) is 33.2 Å². The highest BCUT2D eigenvalue weighted by molar-refractivity contribution is 7.26. The minimum atomic E-state index is -0.811. The number of carbonyl (C=O) groups excluding carboxylic acids is 5. The lowest BCUT2D eigenvalue weighted by atomic mass is 10.0. The monoisotopic (exact) mass is 767 g/mol. The Morgan fingerprint density at radius 1 is 0.830 bits per heavy atom. The average molecular weight is 768 g/mol. The van der Waals surface area contributed by atoms with Crippen molar-refractivity contribution in [3.05, 3.63) is 36.5 Å². The Morgan fingerprint density at radius 2 is 1.45 bits per heavy atom. The van der Waals surface area contributed by atoms with Crippen LogP contribution in [-0.4, -0.2) is 104 Å². The Bertz CT molecular complexity index is 1950. The molecule has 0 aromatic carbocycles. The lowest BCUT2D eigenvalue weighted by Crippen LogP contribution is -2.54. The molecule has 18 heteroatoms. The molecule has 4 aromatic heterocycles. The number of nitrogens with zero attached hydrogens (tertiary/aromatic N) is 5. The van der Waals surface area contributed by atoms with E-state index >= 15 is 0 Å². The molecule has 2 saturated heterocycles. The number of amides is 5. The number of aromatic nitrogens is 4. The van der Waals surface area contributed by atoms with Gasteiger partial charge in [0.05, 0.1) is 48.1 Å². The van der Waals surface area contributed by atoms with Gasteiger partial charge in [0.1, 0.15) is 23.9 Å². The first-order valence-corrected chi connectivity index (χ1v) is 19.3. The number of hydrogen-bond donors (Lipinski definition) is 4. The Morgan fingerprint density at radius 3 is 2.09 bits per heavy atom. The van der Waals surface area contributed by atoms with Crippen LogP contribution in [-0.2, 0) is 23.9 Å². The highest BCUT2D eigenvalue weighted by atomic mass is 32.1. The summed E-state index contributed by atoms with van der Waals surface area (Å²) < 4.78 is 11.3. The van der Waals surface area contributed by atoms with Gasteiger partial charge in [0.25, 0.3) is 0 Å². The number of fused-ring (bicyclic) bond motifs is 1. The van der Waals surface area contributed by atoms with E-state index < -0.39 is 30.3 Å². The van der Waals surface area contributed by atoms with Crippen LogP contribution in [0.2, 0.25) is 0 Å². The fourth-order valence-corrected chi connectivity index (χ4v) is 8.81. The van der Waals surface area contributed by atoms with Crippen LogP contribution in [0.25, 0.3) is 25.3 Å². The van der Waals surface area contributed by atoms with Gasteiger partial charge in [0.2, 0.25) is 17.7 Å². The van der Waals surface area contributed by atoms with Crippen molar-refractivity contribution >= 4 is 63.4 Å². The largest absolute Gasteiger partial charge is 0.453 e. The highest BCUT2D eigenvalue weighted by Crippen LogP contribution is 2.39. The molecule has 4 aromatic rings. The minimum absolute atomic E-state index is 0.119. The van der Waals surface area contributed by atoms with Crippen molar-refractivity contribution in [2.75, 3.05) is 32.6 Å². The Hall–Kier alpha value is -4.97. The maximum Gasteiger partial charge on any atom is 0.407 e. The summed E-state index contributed by atoms with van der Waals surface area (Å²) in [6, 6.07) is 1.64. The maximum absolute atomic E-state index is 13.5. The van der Waals surface area contributed by atoms with E-state index in [2.05, 4.69) is 30.9 Å². The SMILES string of the molecule is COC(=O)N[C@H](C(=O)N1CCC[C@H]1C(=O)Nc1cn2cc(-c3ccc(-c4cnc([C@@H]5CCCN5C(=O)[C@@H](NC(=O)OC)C(C)C)[nH]4)s3)sc2n1)C(C)C. The van der Waals surface area contributed by atoms with Gasteiger partial charge in [-0.3, -0.25) is 18.8 Å². The number of thiazole rings is 1. The van der Waals surface area contributed by atoms with Crippen molar-refractivity contribution in [3.63, 3.8) is 0 Å². The molecule has 0 saturated carbocycles. The molecule has 53 heavy (non-hydrogen) atoms. The van der Waals surface area contributed by atoms with Crippen LogP contribution in [0.5, 0.6) is 0 Å². The second kappa shape index (κ2) is 16.0. The van der Waals surface area contributed by atoms with E-state index in [9.17, 15) is 24.0 Å². The number of hydrogen-bond acceptors (Lipinski definition) is 11. The molecule has 4 N–H and O–H groups in total. The molecular weight excluding hydrogens is 723 g/mol. The van der Waals surface area contributed by atoms with Gasteiger partial charge in [-0.15, -0.1) is 11.3 Å². The van der Waals surface area contributed by atoms with Crippen molar-refractivity contribution in [2.45, 2.75) is 77.5 Å². The number of nitrogens with one attached hydrogen (secondary N) is 4. The number of carbonyl (C=O) groups is 5. The number of methoxy groups -OCH3 is 2. The van der Waals surface area contributed by atoms with Crippen LogP contribution in [0.15, 0.2) is 30.7 Å². The van der Waals surface area contributed by atoms with E-state index in [4.69, 9.17) is 9.47 Å². The van der Waals surface area contributed by atoms with E-state index in [1.165, 1.54) is 30.5 Å². The summed E-state index contributed by atoms with van der Waals surface area (Å²) in [5, 5.41) is 8.16. The molecule has 6 rings (SSSR count). The second-order valence-corrected chi connectivity index (χ2v) is 15.9. The summed E-state index contributed by atoms with van der Waals surface area (Å²) in [5.74, 6) is -0.0292. The van der Waals surface area contributed by atoms with E-state index in [-0.39, 0.29) is 35.6 Å². The van der Waals surface area contributed by atoms with Gasteiger partial charge in [-0.1, -0.05) is 39.0 Å². The third-order valence-electron chi connectivity index (χ3n) is 9.59. The summed E-state index contributed by atoms with van der Waals surface area (Å²) >= 11 is 3.08. The van der Waals surface area contributed by atoms with Crippen molar-refractivity contribution < 1.29 is 33.4 Å². The molecule has 5 amide bonds. The van der Waals surface area contributed by atoms with Gasteiger partial charge in [0.15, 0.2) is 10.8 Å². The summed E-state index contributed by atoms with van der Waals surface area (Å²) in [5.41, 5.74) is 0.843. The molecule has 0 aliphatic carbocycles. The fraction of sp³-hybridized carbons (Fsp3) is 0.514. The van der Waals surface area contributed by atoms with Gasteiger partial charge in [-0.2, -0.15) is 0 Å². The number of H-pyrrole nitrogens is 1. The van der Waals surface area contributed by atoms with E-state index in [1.54, 1.807) is 28.6 Å². The normalized spacial score (nSPS) is 18.4. The van der Waals surface area contributed by atoms with Gasteiger partial charge >= 0.3 is 12.2 Å². The van der Waals surface area contributed by atoms with Crippen molar-refractivity contribution in [2.24, 2.45) is 11.8 Å². The third-order valence-corrected chi connectivity index (χ3v) is 11.9. The number of aromatic amines is 1. The van der Waals surface area contributed by atoms with Crippen molar-refractivity contribution in [1.29, 1.82) is 0 Å². The molecule has 284 valence electrons. The number of thiophene rings is 1. The van der Waals surface area contributed by atoms with Crippen molar-refractivity contribution in [1.82, 2.24) is 39.8 Å². The highest BCUT2D eigenvalue weighted by Gasteiger charge is 2.40. The predicted molar refractivity (Wildman–Crippen MR) is 199 cm³/mol. The number of alkyl carbamates (subject to hydrolysis) is 2. The summed E-state index contributed by atoms with van der Waals surface area (Å²) in [6.07, 6.45) is 6.94. The van der Waals surface area contributed by atoms with Gasteiger partial charge < -0.3 is 40.2 Å². The number of likely N-dealkylation sites (tertiary alicyclic amines) is 2. The first-order valence-electron chi connectivity index (χ1n) is 17.6. The van der Waals surface area contributed by atoms with Crippen LogP contribution >= 0.6 is 22.7 Å². The van der Waals surface area contributed by atoms with E-state index in [1.807, 2.05) is 50.4 Å². The molecule has 6 heterocycles. The number of anilines is 1. The molecule has 2 aliphatic rings. The molecule has 0 bridgehead atoms. The second-order valence-electron chi connectivity index (χ2n) is 13.8. The zero-order valence-corrected chi connectivity index (χ0v) is 32.1. The van der Waals surface area contributed by atoms with Crippen LogP contribution in [0.1, 0.15) is 65.2 Å². The standard InChI is InChI=1S/C35H45N9O7S2/c1-18(2)27(40-34(48)50-5)31(46)43-13-7-9-21(43)29-36-15-20(37-29)23-11-12-24(52-23)25-16-42-17-26(39-33(42)53-25)38-30(45)22-10-8-14-44(22)32(47)28(19(3)4)41-35(49)51-6/h11-12,15-19,21-22,27-28H,7-10,13-14H2,1-6H3,(H,36,37)(H,38,45)(H,40,48)(H,41,49)/t21-,22-,27-,28-/m0/s1. The Balaban J connectivity index is 1.10. The van der Waals surface area contributed by atoms with Gasteiger partial charge in [-0.05, 0) is 49.7 Å². The molecule has 0 radical (unpaired) electrons. The smallest absolute Gasteiger partial charge is 0.407 e. The number of imidazole rings is 2. The Kier molecular flexibility index (Phi) is 11.4. The Labute approximate surface area is 314 Å². The van der Waals surface area contributed by atoms with E-state index in [0.29, 0.717) is 42.5 Å². The molecule has 2 fully saturated rings.